The van der Waals surface area contributed by atoms with Crippen molar-refractivity contribution in [3.63, 3.8) is 0 Å². The molecule has 2 aliphatic rings. The summed E-state index contributed by atoms with van der Waals surface area (Å²) in [6, 6.07) is 5.63. The molecule has 144 valence electrons. The summed E-state index contributed by atoms with van der Waals surface area (Å²) in [5.41, 5.74) is 7.57. The SMILES string of the molecule is Cc1ccc2nc(NC(=O)[C@H]3CCCN3C(=O)C3(CN)CCCC3)sc2c1. The first-order valence-corrected chi connectivity index (χ1v) is 10.5. The van der Waals surface area contributed by atoms with Gasteiger partial charge < -0.3 is 16.0 Å². The van der Waals surface area contributed by atoms with Crippen LogP contribution in [0.15, 0.2) is 18.2 Å². The number of nitrogens with one attached hydrogen (secondary N) is 1. The van der Waals surface area contributed by atoms with E-state index in [0.29, 0.717) is 24.6 Å². The van der Waals surface area contributed by atoms with Crippen LogP contribution in [0.5, 0.6) is 0 Å². The number of hydrogen-bond acceptors (Lipinski definition) is 5. The molecule has 1 aliphatic heterocycles. The molecule has 2 fully saturated rings. The number of aryl methyl sites for hydroxylation is 1. The van der Waals surface area contributed by atoms with E-state index in [2.05, 4.69) is 16.4 Å². The lowest BCUT2D eigenvalue weighted by Gasteiger charge is -2.34. The van der Waals surface area contributed by atoms with Gasteiger partial charge in [0.25, 0.3) is 0 Å². The zero-order valence-electron chi connectivity index (χ0n) is 15.7. The average molecular weight is 387 g/mol. The molecule has 1 saturated heterocycles. The largest absolute Gasteiger partial charge is 0.330 e. The predicted molar refractivity (Wildman–Crippen MR) is 108 cm³/mol. The number of nitrogens with zero attached hydrogens (tertiary/aromatic N) is 2. The van der Waals surface area contributed by atoms with Crippen LogP contribution in [0, 0.1) is 12.3 Å². The van der Waals surface area contributed by atoms with Gasteiger partial charge in [0.05, 0.1) is 15.6 Å². The van der Waals surface area contributed by atoms with Crippen molar-refractivity contribution in [3.8, 4) is 0 Å². The minimum Gasteiger partial charge on any atom is -0.330 e. The van der Waals surface area contributed by atoms with Crippen molar-refractivity contribution < 1.29 is 9.59 Å². The van der Waals surface area contributed by atoms with E-state index < -0.39 is 11.5 Å². The molecule has 0 unspecified atom stereocenters. The Kier molecular flexibility index (Phi) is 4.90. The van der Waals surface area contributed by atoms with E-state index in [4.69, 9.17) is 5.73 Å². The van der Waals surface area contributed by atoms with Gasteiger partial charge in [0, 0.05) is 13.1 Å². The molecule has 1 atom stereocenters. The van der Waals surface area contributed by atoms with Crippen LogP contribution in [-0.2, 0) is 9.59 Å². The van der Waals surface area contributed by atoms with Crippen molar-refractivity contribution in [2.45, 2.75) is 51.5 Å². The first kappa shape index (κ1) is 18.4. The lowest BCUT2D eigenvalue weighted by Crippen LogP contribution is -2.51. The van der Waals surface area contributed by atoms with Crippen molar-refractivity contribution in [1.29, 1.82) is 0 Å². The number of carbonyl (C=O) groups is 2. The summed E-state index contributed by atoms with van der Waals surface area (Å²) in [6.07, 6.45) is 5.30. The number of carbonyl (C=O) groups excluding carboxylic acids is 2. The standard InChI is InChI=1S/C20H26N4O2S/c1-13-6-7-14-16(11-13)27-19(22-14)23-17(25)15-5-4-10-24(15)18(26)20(12-21)8-2-3-9-20/h6-7,11,15H,2-5,8-10,12,21H2,1H3,(H,22,23,25)/t15-/m1/s1. The normalized spacial score (nSPS) is 21.7. The topological polar surface area (TPSA) is 88.3 Å². The van der Waals surface area contributed by atoms with Gasteiger partial charge in [-0.25, -0.2) is 4.98 Å². The molecule has 3 N–H and O–H groups in total. The van der Waals surface area contributed by atoms with E-state index in [1.165, 1.54) is 16.9 Å². The molecule has 4 rings (SSSR count). The maximum absolute atomic E-state index is 13.2. The number of amides is 2. The fourth-order valence-corrected chi connectivity index (χ4v) is 5.39. The van der Waals surface area contributed by atoms with Crippen molar-refractivity contribution in [3.05, 3.63) is 23.8 Å². The lowest BCUT2D eigenvalue weighted by molar-refractivity contribution is -0.145. The Labute approximate surface area is 163 Å². The first-order chi connectivity index (χ1) is 13.0. The first-order valence-electron chi connectivity index (χ1n) is 9.72. The molecule has 0 bridgehead atoms. The Hall–Kier alpha value is -1.99. The minimum atomic E-state index is -0.462. The monoisotopic (exact) mass is 386 g/mol. The number of anilines is 1. The average Bonchev–Trinajstić information content (AvgIpc) is 3.39. The maximum Gasteiger partial charge on any atom is 0.248 e. The summed E-state index contributed by atoms with van der Waals surface area (Å²) in [6.45, 7) is 3.04. The van der Waals surface area contributed by atoms with E-state index in [0.717, 1.165) is 42.3 Å². The molecule has 2 aromatic rings. The fourth-order valence-electron chi connectivity index (χ4n) is 4.42. The van der Waals surface area contributed by atoms with Crippen LogP contribution in [-0.4, -0.2) is 40.8 Å². The van der Waals surface area contributed by atoms with Gasteiger partial charge in [-0.2, -0.15) is 0 Å². The second-order valence-corrected chi connectivity index (χ2v) is 8.86. The number of aromatic nitrogens is 1. The molecule has 1 aromatic carbocycles. The van der Waals surface area contributed by atoms with Crippen molar-refractivity contribution in [2.75, 3.05) is 18.4 Å². The second kappa shape index (κ2) is 7.20. The van der Waals surface area contributed by atoms with Crippen molar-refractivity contribution in [1.82, 2.24) is 9.88 Å². The summed E-state index contributed by atoms with van der Waals surface area (Å²) in [4.78, 5) is 32.4. The lowest BCUT2D eigenvalue weighted by atomic mass is 9.84. The van der Waals surface area contributed by atoms with Gasteiger partial charge in [-0.3, -0.25) is 9.59 Å². The summed E-state index contributed by atoms with van der Waals surface area (Å²) in [7, 11) is 0. The highest BCUT2D eigenvalue weighted by Crippen LogP contribution is 2.40. The van der Waals surface area contributed by atoms with Crippen LogP contribution in [0.1, 0.15) is 44.1 Å². The molecule has 1 saturated carbocycles. The highest BCUT2D eigenvalue weighted by Gasteiger charge is 2.46. The quantitative estimate of drug-likeness (QED) is 0.845. The molecule has 2 amide bonds. The van der Waals surface area contributed by atoms with E-state index in [1.807, 2.05) is 19.1 Å². The van der Waals surface area contributed by atoms with Crippen molar-refractivity contribution in [2.24, 2.45) is 11.1 Å². The van der Waals surface area contributed by atoms with E-state index in [1.54, 1.807) is 4.90 Å². The third-order valence-corrected chi connectivity index (χ3v) is 6.93. The number of rotatable bonds is 4. The highest BCUT2D eigenvalue weighted by atomic mass is 32.1. The Bertz CT molecular complexity index is 872. The molecule has 7 heteroatoms. The number of fused-ring (bicyclic) bond motifs is 1. The summed E-state index contributed by atoms with van der Waals surface area (Å²) >= 11 is 1.47. The van der Waals surface area contributed by atoms with Crippen molar-refractivity contribution >= 4 is 38.5 Å². The number of likely N-dealkylation sites (tertiary alicyclic amines) is 1. The van der Waals surface area contributed by atoms with Gasteiger partial charge in [0.2, 0.25) is 11.8 Å². The number of hydrogen-bond donors (Lipinski definition) is 2. The molecule has 1 aromatic heterocycles. The molecule has 0 spiro atoms. The molecular formula is C20H26N4O2S. The van der Waals surface area contributed by atoms with E-state index in [9.17, 15) is 9.59 Å². The van der Waals surface area contributed by atoms with Crippen LogP contribution in [0.3, 0.4) is 0 Å². The van der Waals surface area contributed by atoms with Gasteiger partial charge >= 0.3 is 0 Å². The number of benzene rings is 1. The fraction of sp³-hybridized carbons (Fsp3) is 0.550. The highest BCUT2D eigenvalue weighted by molar-refractivity contribution is 7.22. The van der Waals surface area contributed by atoms with Crippen LogP contribution in [0.4, 0.5) is 5.13 Å². The molecule has 27 heavy (non-hydrogen) atoms. The minimum absolute atomic E-state index is 0.0695. The zero-order valence-corrected chi connectivity index (χ0v) is 16.5. The van der Waals surface area contributed by atoms with E-state index >= 15 is 0 Å². The smallest absolute Gasteiger partial charge is 0.248 e. The van der Waals surface area contributed by atoms with Crippen LogP contribution < -0.4 is 11.1 Å². The van der Waals surface area contributed by atoms with Gasteiger partial charge in [-0.1, -0.05) is 30.2 Å². The Balaban J connectivity index is 1.50. The molecule has 1 aliphatic carbocycles. The summed E-state index contributed by atoms with van der Waals surface area (Å²) in [5, 5.41) is 3.53. The predicted octanol–water partition coefficient (Wildman–Crippen LogP) is 3.05. The van der Waals surface area contributed by atoms with Crippen LogP contribution in [0.2, 0.25) is 0 Å². The third kappa shape index (κ3) is 3.34. The van der Waals surface area contributed by atoms with Gasteiger partial charge in [-0.15, -0.1) is 0 Å². The molecule has 6 nitrogen and oxygen atoms in total. The van der Waals surface area contributed by atoms with Gasteiger partial charge in [0.15, 0.2) is 5.13 Å². The Morgan fingerprint density at radius 3 is 2.85 bits per heavy atom. The molecular weight excluding hydrogens is 360 g/mol. The maximum atomic E-state index is 13.2. The number of nitrogens with two attached hydrogens (primary N) is 1. The summed E-state index contributed by atoms with van der Waals surface area (Å²) in [5.74, 6) is -0.0677. The number of thiazole rings is 1. The molecule has 2 heterocycles. The van der Waals surface area contributed by atoms with Crippen LogP contribution >= 0.6 is 11.3 Å². The second-order valence-electron chi connectivity index (χ2n) is 7.83. The Morgan fingerprint density at radius 2 is 2.11 bits per heavy atom. The van der Waals surface area contributed by atoms with Crippen LogP contribution in [0.25, 0.3) is 10.2 Å². The zero-order chi connectivity index (χ0) is 19.0. The third-order valence-electron chi connectivity index (χ3n) is 6.00. The molecule has 0 radical (unpaired) electrons. The van der Waals surface area contributed by atoms with Gasteiger partial charge in [-0.05, 0) is 50.3 Å². The van der Waals surface area contributed by atoms with Gasteiger partial charge in [0.1, 0.15) is 6.04 Å². The summed E-state index contributed by atoms with van der Waals surface area (Å²) < 4.78 is 1.05. The van der Waals surface area contributed by atoms with E-state index in [-0.39, 0.29) is 11.8 Å². The Morgan fingerprint density at radius 1 is 1.33 bits per heavy atom.